The molecule has 142 valence electrons. The number of hydrogen-bond donors (Lipinski definition) is 0. The van der Waals surface area contributed by atoms with E-state index in [1.54, 1.807) is 25.2 Å². The van der Waals surface area contributed by atoms with Crippen molar-refractivity contribution in [3.8, 4) is 5.75 Å². The minimum atomic E-state index is -2.89. The molecule has 2 aromatic carbocycles. The molecular weight excluding hydrogens is 382 g/mol. The average molecular weight is 397 g/mol. The van der Waals surface area contributed by atoms with Crippen LogP contribution in [0.5, 0.6) is 5.75 Å². The summed E-state index contributed by atoms with van der Waals surface area (Å²) < 4.78 is 28.5. The van der Waals surface area contributed by atoms with E-state index in [0.717, 1.165) is 5.56 Å². The summed E-state index contributed by atoms with van der Waals surface area (Å²) in [7, 11) is 1.57. The number of rotatable bonds is 7. The van der Waals surface area contributed by atoms with E-state index in [4.69, 9.17) is 11.6 Å². The summed E-state index contributed by atoms with van der Waals surface area (Å²) in [6.45, 7) is -2.65. The topological polar surface area (TPSA) is 72.7 Å². The van der Waals surface area contributed by atoms with Gasteiger partial charge in [0.2, 0.25) is 5.91 Å². The van der Waals surface area contributed by atoms with Crippen molar-refractivity contribution in [1.82, 2.24) is 4.90 Å². The molecule has 6 nitrogen and oxygen atoms in total. The second-order valence-corrected chi connectivity index (χ2v) is 5.93. The monoisotopic (exact) mass is 396 g/mol. The van der Waals surface area contributed by atoms with Crippen LogP contribution >= 0.6 is 11.6 Å². The van der Waals surface area contributed by atoms with Crippen molar-refractivity contribution < 1.29 is 23.2 Å². The van der Waals surface area contributed by atoms with E-state index < -0.39 is 11.5 Å². The molecule has 0 bridgehead atoms. The van der Waals surface area contributed by atoms with E-state index in [0.29, 0.717) is 5.56 Å². The average Bonchev–Trinajstić information content (AvgIpc) is 2.61. The minimum absolute atomic E-state index is 0.0138. The van der Waals surface area contributed by atoms with Gasteiger partial charge < -0.3 is 9.64 Å². The third kappa shape index (κ3) is 6.03. The third-order valence-corrected chi connectivity index (χ3v) is 3.85. The van der Waals surface area contributed by atoms with Crippen LogP contribution in [-0.4, -0.2) is 29.4 Å². The van der Waals surface area contributed by atoms with Gasteiger partial charge in [0, 0.05) is 25.7 Å². The molecule has 0 fully saturated rings. The van der Waals surface area contributed by atoms with Gasteiger partial charge in [0.05, 0.1) is 4.92 Å². The predicted octanol–water partition coefficient (Wildman–Crippen LogP) is 4.52. The summed E-state index contributed by atoms with van der Waals surface area (Å²) in [5.74, 6) is -0.299. The first kappa shape index (κ1) is 20.3. The third-order valence-electron chi connectivity index (χ3n) is 3.53. The quantitative estimate of drug-likeness (QED) is 0.392. The first-order chi connectivity index (χ1) is 12.8. The normalized spacial score (nSPS) is 11.0. The molecule has 0 heterocycles. The summed E-state index contributed by atoms with van der Waals surface area (Å²) in [5.41, 5.74) is 0.940. The Hall–Kier alpha value is -3.00. The van der Waals surface area contributed by atoms with Crippen molar-refractivity contribution in [3.63, 3.8) is 0 Å². The number of likely N-dealkylation sites (N-methyl/N-ethyl adjacent to an activating group) is 1. The summed E-state index contributed by atoms with van der Waals surface area (Å²) >= 11 is 5.74. The Bertz CT molecular complexity index is 857. The van der Waals surface area contributed by atoms with Crippen molar-refractivity contribution in [3.05, 3.63) is 74.8 Å². The smallest absolute Gasteiger partial charge is 0.387 e. The van der Waals surface area contributed by atoms with Gasteiger partial charge in [-0.15, -0.1) is 0 Å². The SMILES string of the molecule is CN(Cc1ccc(OC(F)F)cc1)C(=O)C=Cc1ccc(Cl)c([N+](=O)[O-])c1. The summed E-state index contributed by atoms with van der Waals surface area (Å²) in [6, 6.07) is 10.2. The number of benzene rings is 2. The summed E-state index contributed by atoms with van der Waals surface area (Å²) in [6.07, 6.45) is 2.73. The summed E-state index contributed by atoms with van der Waals surface area (Å²) in [5, 5.41) is 10.9. The molecule has 1 amide bonds. The van der Waals surface area contributed by atoms with E-state index in [1.165, 1.54) is 41.3 Å². The molecule has 27 heavy (non-hydrogen) atoms. The molecule has 9 heteroatoms. The zero-order valence-electron chi connectivity index (χ0n) is 14.1. The molecule has 0 aliphatic carbocycles. The fourth-order valence-corrected chi connectivity index (χ4v) is 2.38. The maximum Gasteiger partial charge on any atom is 0.387 e. The minimum Gasteiger partial charge on any atom is -0.435 e. The van der Waals surface area contributed by atoms with Gasteiger partial charge in [-0.25, -0.2) is 0 Å². The van der Waals surface area contributed by atoms with Crippen LogP contribution in [0.1, 0.15) is 11.1 Å². The van der Waals surface area contributed by atoms with Crippen molar-refractivity contribution in [1.29, 1.82) is 0 Å². The van der Waals surface area contributed by atoms with Gasteiger partial charge in [-0.1, -0.05) is 29.8 Å². The highest BCUT2D eigenvalue weighted by atomic mass is 35.5. The first-order valence-corrected chi connectivity index (χ1v) is 8.05. The highest BCUT2D eigenvalue weighted by Crippen LogP contribution is 2.25. The molecule has 0 unspecified atom stereocenters. The molecule has 0 radical (unpaired) electrons. The Morgan fingerprint density at radius 3 is 2.56 bits per heavy atom. The maximum absolute atomic E-state index is 12.2. The number of nitro groups is 1. The van der Waals surface area contributed by atoms with Gasteiger partial charge in [-0.2, -0.15) is 8.78 Å². The number of ether oxygens (including phenoxy) is 1. The van der Waals surface area contributed by atoms with E-state index in [9.17, 15) is 23.7 Å². The Labute approximate surface area is 158 Å². The number of nitro benzene ring substituents is 1. The molecule has 0 aliphatic rings. The van der Waals surface area contributed by atoms with E-state index in [-0.39, 0.29) is 28.9 Å². The lowest BCUT2D eigenvalue weighted by molar-refractivity contribution is -0.384. The van der Waals surface area contributed by atoms with Crippen LogP contribution in [0, 0.1) is 10.1 Å². The molecule has 0 saturated carbocycles. The molecule has 0 N–H and O–H groups in total. The molecule has 2 aromatic rings. The van der Waals surface area contributed by atoms with Crippen LogP contribution in [0.4, 0.5) is 14.5 Å². The molecule has 0 aromatic heterocycles. The number of alkyl halides is 2. The molecule has 0 aliphatic heterocycles. The van der Waals surface area contributed by atoms with Crippen LogP contribution in [0.25, 0.3) is 6.08 Å². The van der Waals surface area contributed by atoms with Crippen molar-refractivity contribution >= 4 is 29.3 Å². The van der Waals surface area contributed by atoms with E-state index in [1.807, 2.05) is 0 Å². The number of carbonyl (C=O) groups excluding carboxylic acids is 1. The second kappa shape index (κ2) is 9.09. The largest absolute Gasteiger partial charge is 0.435 e. The Morgan fingerprint density at radius 2 is 1.96 bits per heavy atom. The Balaban J connectivity index is 2.00. The fraction of sp³-hybridized carbons (Fsp3) is 0.167. The number of carbonyl (C=O) groups is 1. The van der Waals surface area contributed by atoms with Crippen LogP contribution in [0.15, 0.2) is 48.5 Å². The Morgan fingerprint density at radius 1 is 1.30 bits per heavy atom. The van der Waals surface area contributed by atoms with Gasteiger partial charge in [-0.3, -0.25) is 14.9 Å². The van der Waals surface area contributed by atoms with Crippen LogP contribution in [-0.2, 0) is 11.3 Å². The maximum atomic E-state index is 12.2. The van der Waals surface area contributed by atoms with Crippen molar-refractivity contribution in [2.75, 3.05) is 7.05 Å². The predicted molar refractivity (Wildman–Crippen MR) is 96.7 cm³/mol. The van der Waals surface area contributed by atoms with E-state index >= 15 is 0 Å². The number of amides is 1. The summed E-state index contributed by atoms with van der Waals surface area (Å²) in [4.78, 5) is 23.9. The van der Waals surface area contributed by atoms with Crippen molar-refractivity contribution in [2.45, 2.75) is 13.2 Å². The van der Waals surface area contributed by atoms with Crippen LogP contribution in [0.3, 0.4) is 0 Å². The zero-order valence-corrected chi connectivity index (χ0v) is 14.9. The number of nitrogens with zero attached hydrogens (tertiary/aromatic N) is 2. The van der Waals surface area contributed by atoms with E-state index in [2.05, 4.69) is 4.74 Å². The van der Waals surface area contributed by atoms with Gasteiger partial charge in [0.25, 0.3) is 5.69 Å². The van der Waals surface area contributed by atoms with Crippen LogP contribution in [0.2, 0.25) is 5.02 Å². The van der Waals surface area contributed by atoms with Crippen molar-refractivity contribution in [2.24, 2.45) is 0 Å². The first-order valence-electron chi connectivity index (χ1n) is 7.67. The second-order valence-electron chi connectivity index (χ2n) is 5.52. The lowest BCUT2D eigenvalue weighted by Crippen LogP contribution is -2.24. The standard InChI is InChI=1S/C18H15ClF2N2O4/c1-22(11-13-2-6-14(7-3-13)27-18(20)21)17(24)9-5-12-4-8-15(19)16(10-12)23(25)26/h2-10,18H,11H2,1H3. The van der Waals surface area contributed by atoms with Gasteiger partial charge >= 0.3 is 6.61 Å². The highest BCUT2D eigenvalue weighted by Gasteiger charge is 2.12. The lowest BCUT2D eigenvalue weighted by atomic mass is 10.1. The van der Waals surface area contributed by atoms with Gasteiger partial charge in [0.1, 0.15) is 10.8 Å². The molecule has 2 rings (SSSR count). The fourth-order valence-electron chi connectivity index (χ4n) is 2.20. The molecule has 0 atom stereocenters. The zero-order chi connectivity index (χ0) is 20.0. The Kier molecular flexibility index (Phi) is 6.84. The lowest BCUT2D eigenvalue weighted by Gasteiger charge is -2.15. The number of halogens is 3. The van der Waals surface area contributed by atoms with Crippen LogP contribution < -0.4 is 4.74 Å². The van der Waals surface area contributed by atoms with Gasteiger partial charge in [-0.05, 0) is 35.4 Å². The molecule has 0 spiro atoms. The highest BCUT2D eigenvalue weighted by molar-refractivity contribution is 6.32. The number of hydrogen-bond acceptors (Lipinski definition) is 4. The molecular formula is C18H15ClF2N2O4. The van der Waals surface area contributed by atoms with Gasteiger partial charge in [0.15, 0.2) is 0 Å². The molecule has 0 saturated heterocycles.